The van der Waals surface area contributed by atoms with E-state index in [0.717, 1.165) is 16.8 Å². The van der Waals surface area contributed by atoms with E-state index in [0.29, 0.717) is 16.0 Å². The van der Waals surface area contributed by atoms with Gasteiger partial charge in [0.25, 0.3) is 0 Å². The third-order valence-corrected chi connectivity index (χ3v) is 3.21. The van der Waals surface area contributed by atoms with Gasteiger partial charge in [-0.2, -0.15) is 5.10 Å². The SMILES string of the molecule is Cn1cc(-c2cc(Cl)nc(-c3cccc(Cl)c3)n2)cn1. The molecule has 0 aliphatic heterocycles. The van der Waals surface area contributed by atoms with Crippen molar-refractivity contribution in [3.8, 4) is 22.6 Å². The summed E-state index contributed by atoms with van der Waals surface area (Å²) in [7, 11) is 1.85. The van der Waals surface area contributed by atoms with Crippen molar-refractivity contribution in [3.05, 3.63) is 52.9 Å². The first-order valence-electron chi connectivity index (χ1n) is 5.91. The van der Waals surface area contributed by atoms with Gasteiger partial charge in [-0.3, -0.25) is 4.68 Å². The molecule has 0 radical (unpaired) electrons. The summed E-state index contributed by atoms with van der Waals surface area (Å²) in [6, 6.07) is 9.07. The molecule has 0 unspecified atom stereocenters. The van der Waals surface area contributed by atoms with Crippen molar-refractivity contribution >= 4 is 23.2 Å². The predicted molar refractivity (Wildman–Crippen MR) is 79.7 cm³/mol. The Labute approximate surface area is 126 Å². The van der Waals surface area contributed by atoms with E-state index >= 15 is 0 Å². The van der Waals surface area contributed by atoms with Crippen LogP contribution < -0.4 is 0 Å². The molecule has 2 aromatic heterocycles. The topological polar surface area (TPSA) is 43.6 Å². The highest BCUT2D eigenvalue weighted by Crippen LogP contribution is 2.25. The second-order valence-corrected chi connectivity index (χ2v) is 5.14. The molecule has 1 aromatic carbocycles. The number of benzene rings is 1. The van der Waals surface area contributed by atoms with E-state index in [1.54, 1.807) is 29.1 Å². The van der Waals surface area contributed by atoms with Gasteiger partial charge < -0.3 is 0 Å². The zero-order chi connectivity index (χ0) is 14.1. The lowest BCUT2D eigenvalue weighted by Crippen LogP contribution is -1.92. The van der Waals surface area contributed by atoms with Crippen molar-refractivity contribution in [2.24, 2.45) is 7.05 Å². The highest BCUT2D eigenvalue weighted by molar-refractivity contribution is 6.31. The van der Waals surface area contributed by atoms with E-state index in [1.807, 2.05) is 25.4 Å². The minimum Gasteiger partial charge on any atom is -0.275 e. The van der Waals surface area contributed by atoms with E-state index < -0.39 is 0 Å². The lowest BCUT2D eigenvalue weighted by molar-refractivity contribution is 0.768. The molecule has 3 aromatic rings. The monoisotopic (exact) mass is 304 g/mol. The average Bonchev–Trinajstić information content (AvgIpc) is 2.85. The molecule has 0 bridgehead atoms. The summed E-state index contributed by atoms with van der Waals surface area (Å²) in [5.74, 6) is 0.541. The Morgan fingerprint density at radius 1 is 1.05 bits per heavy atom. The van der Waals surface area contributed by atoms with Crippen molar-refractivity contribution in [2.75, 3.05) is 0 Å². The van der Waals surface area contributed by atoms with Crippen LogP contribution in [0.25, 0.3) is 22.6 Å². The van der Waals surface area contributed by atoms with E-state index in [1.165, 1.54) is 0 Å². The van der Waals surface area contributed by atoms with Crippen molar-refractivity contribution in [2.45, 2.75) is 0 Å². The summed E-state index contributed by atoms with van der Waals surface area (Å²) in [5, 5.41) is 5.15. The van der Waals surface area contributed by atoms with Crippen LogP contribution in [0.1, 0.15) is 0 Å². The van der Waals surface area contributed by atoms with E-state index in [-0.39, 0.29) is 0 Å². The molecule has 0 aliphatic carbocycles. The first kappa shape index (κ1) is 13.1. The normalized spacial score (nSPS) is 10.8. The van der Waals surface area contributed by atoms with Crippen LogP contribution in [0.4, 0.5) is 0 Å². The fourth-order valence-electron chi connectivity index (χ4n) is 1.88. The molecular weight excluding hydrogens is 295 g/mol. The molecule has 0 saturated carbocycles. The van der Waals surface area contributed by atoms with Crippen LogP contribution in [0.2, 0.25) is 10.2 Å². The third kappa shape index (κ3) is 2.66. The zero-order valence-electron chi connectivity index (χ0n) is 10.6. The van der Waals surface area contributed by atoms with Gasteiger partial charge in [-0.05, 0) is 12.1 Å². The summed E-state index contributed by atoms with van der Waals surface area (Å²) < 4.78 is 1.71. The highest BCUT2D eigenvalue weighted by atomic mass is 35.5. The first-order valence-corrected chi connectivity index (χ1v) is 6.67. The Bertz CT molecular complexity index is 767. The van der Waals surface area contributed by atoms with Crippen LogP contribution >= 0.6 is 23.2 Å². The van der Waals surface area contributed by atoms with E-state index in [4.69, 9.17) is 23.2 Å². The molecular formula is C14H10Cl2N4. The average molecular weight is 305 g/mol. The van der Waals surface area contributed by atoms with Crippen LogP contribution in [0.3, 0.4) is 0 Å². The molecule has 100 valence electrons. The molecule has 20 heavy (non-hydrogen) atoms. The van der Waals surface area contributed by atoms with Gasteiger partial charge >= 0.3 is 0 Å². The van der Waals surface area contributed by atoms with Gasteiger partial charge in [-0.1, -0.05) is 35.3 Å². The first-order chi connectivity index (χ1) is 9.61. The maximum Gasteiger partial charge on any atom is 0.161 e. The van der Waals surface area contributed by atoms with E-state index in [9.17, 15) is 0 Å². The van der Waals surface area contributed by atoms with Gasteiger partial charge in [0, 0.05) is 35.5 Å². The summed E-state index contributed by atoms with van der Waals surface area (Å²) in [6.07, 6.45) is 3.61. The number of rotatable bonds is 2. The highest BCUT2D eigenvalue weighted by Gasteiger charge is 2.09. The molecule has 0 aliphatic rings. The summed E-state index contributed by atoms with van der Waals surface area (Å²) in [5.41, 5.74) is 2.44. The van der Waals surface area contributed by atoms with Gasteiger partial charge in [0.05, 0.1) is 11.9 Å². The smallest absolute Gasteiger partial charge is 0.161 e. The maximum atomic E-state index is 6.09. The molecule has 3 rings (SSSR count). The Kier molecular flexibility index (Phi) is 3.42. The molecule has 0 N–H and O–H groups in total. The summed E-state index contributed by atoms with van der Waals surface area (Å²) in [6.45, 7) is 0. The Morgan fingerprint density at radius 2 is 1.90 bits per heavy atom. The Balaban J connectivity index is 2.11. The molecule has 2 heterocycles. The number of nitrogens with zero attached hydrogens (tertiary/aromatic N) is 4. The molecule has 0 spiro atoms. The zero-order valence-corrected chi connectivity index (χ0v) is 12.1. The number of hydrogen-bond donors (Lipinski definition) is 0. The van der Waals surface area contributed by atoms with Crippen LogP contribution in [0.5, 0.6) is 0 Å². The number of halogens is 2. The molecule has 0 fully saturated rings. The fraction of sp³-hybridized carbons (Fsp3) is 0.0714. The van der Waals surface area contributed by atoms with Crippen molar-refractivity contribution in [1.82, 2.24) is 19.7 Å². The number of hydrogen-bond acceptors (Lipinski definition) is 3. The second-order valence-electron chi connectivity index (χ2n) is 4.31. The molecule has 4 nitrogen and oxygen atoms in total. The number of aromatic nitrogens is 4. The summed E-state index contributed by atoms with van der Waals surface area (Å²) in [4.78, 5) is 8.77. The van der Waals surface area contributed by atoms with Gasteiger partial charge in [0.2, 0.25) is 0 Å². The van der Waals surface area contributed by atoms with Crippen LogP contribution in [-0.4, -0.2) is 19.7 Å². The second kappa shape index (κ2) is 5.23. The Morgan fingerprint density at radius 3 is 2.60 bits per heavy atom. The standard InChI is InChI=1S/C14H10Cl2N4/c1-20-8-10(7-17-20)12-6-13(16)19-14(18-12)9-3-2-4-11(15)5-9/h2-8H,1H3. The summed E-state index contributed by atoms with van der Waals surface area (Å²) >= 11 is 12.1. The van der Waals surface area contributed by atoms with Crippen molar-refractivity contribution in [1.29, 1.82) is 0 Å². The van der Waals surface area contributed by atoms with Gasteiger partial charge in [-0.25, -0.2) is 9.97 Å². The predicted octanol–water partition coefficient (Wildman–Crippen LogP) is 3.85. The number of aryl methyl sites for hydroxylation is 1. The molecule has 0 amide bonds. The third-order valence-electron chi connectivity index (χ3n) is 2.78. The quantitative estimate of drug-likeness (QED) is 0.675. The van der Waals surface area contributed by atoms with Gasteiger partial charge in [-0.15, -0.1) is 0 Å². The molecule has 0 saturated heterocycles. The minimum absolute atomic E-state index is 0.383. The van der Waals surface area contributed by atoms with Crippen LogP contribution in [-0.2, 0) is 7.05 Å². The molecule has 0 atom stereocenters. The lowest BCUT2D eigenvalue weighted by Gasteiger charge is -2.04. The van der Waals surface area contributed by atoms with Gasteiger partial charge in [0.1, 0.15) is 5.15 Å². The maximum absolute atomic E-state index is 6.09. The molecule has 6 heteroatoms. The van der Waals surface area contributed by atoms with Crippen molar-refractivity contribution in [3.63, 3.8) is 0 Å². The minimum atomic E-state index is 0.383. The van der Waals surface area contributed by atoms with Crippen molar-refractivity contribution < 1.29 is 0 Å². The Hall–Kier alpha value is -1.91. The van der Waals surface area contributed by atoms with Crippen LogP contribution in [0.15, 0.2) is 42.7 Å². The largest absolute Gasteiger partial charge is 0.275 e. The van der Waals surface area contributed by atoms with Gasteiger partial charge in [0.15, 0.2) is 5.82 Å². The van der Waals surface area contributed by atoms with Crippen LogP contribution in [0, 0.1) is 0 Å². The van der Waals surface area contributed by atoms with E-state index in [2.05, 4.69) is 15.1 Å². The lowest BCUT2D eigenvalue weighted by atomic mass is 10.2. The fourth-order valence-corrected chi connectivity index (χ4v) is 2.25.